The van der Waals surface area contributed by atoms with E-state index in [-0.39, 0.29) is 23.5 Å². The summed E-state index contributed by atoms with van der Waals surface area (Å²) in [4.78, 5) is 29.9. The number of hydrogen-bond donors (Lipinski definition) is 0. The van der Waals surface area contributed by atoms with Crippen molar-refractivity contribution in [1.29, 1.82) is 0 Å². The summed E-state index contributed by atoms with van der Waals surface area (Å²) >= 11 is 0. The number of aryl methyl sites for hydroxylation is 1. The van der Waals surface area contributed by atoms with Crippen LogP contribution in [0, 0.1) is 6.92 Å². The highest BCUT2D eigenvalue weighted by Crippen LogP contribution is 2.30. The number of hydrogen-bond acceptors (Lipinski definition) is 4. The second-order valence-electron chi connectivity index (χ2n) is 9.12. The van der Waals surface area contributed by atoms with Crippen LogP contribution in [0.1, 0.15) is 95.3 Å². The number of nitrogens with zero attached hydrogens (tertiary/aromatic N) is 1. The van der Waals surface area contributed by atoms with Crippen molar-refractivity contribution in [2.24, 2.45) is 4.99 Å². The highest BCUT2D eigenvalue weighted by Gasteiger charge is 2.21. The molecule has 4 heteroatoms. The summed E-state index contributed by atoms with van der Waals surface area (Å²) in [5.74, 6) is 0.556. The van der Waals surface area contributed by atoms with Crippen LogP contribution < -0.4 is 0 Å². The van der Waals surface area contributed by atoms with Crippen molar-refractivity contribution in [1.82, 2.24) is 0 Å². The van der Waals surface area contributed by atoms with Crippen LogP contribution >= 0.6 is 0 Å². The molecule has 0 bridgehead atoms. The van der Waals surface area contributed by atoms with Crippen LogP contribution in [0.2, 0.25) is 0 Å². The third kappa shape index (κ3) is 7.58. The number of benzene rings is 1. The average molecular weight is 440 g/mol. The Balaban J connectivity index is 3.19. The Hall–Kier alpha value is -2.49. The lowest BCUT2D eigenvalue weighted by molar-refractivity contribution is -0.115. The zero-order chi connectivity index (χ0) is 24.5. The van der Waals surface area contributed by atoms with E-state index < -0.39 is 0 Å². The Morgan fingerprint density at radius 3 is 2.28 bits per heavy atom. The maximum absolute atomic E-state index is 13.0. The Bertz CT molecular complexity index is 911. The molecule has 0 unspecified atom stereocenters. The highest BCUT2D eigenvalue weighted by atomic mass is 16.5. The minimum absolute atomic E-state index is 0.0136. The van der Waals surface area contributed by atoms with E-state index in [4.69, 9.17) is 4.74 Å². The molecule has 1 aromatic rings. The zero-order valence-electron chi connectivity index (χ0n) is 21.5. The summed E-state index contributed by atoms with van der Waals surface area (Å²) in [5, 5.41) is 0. The summed E-state index contributed by atoms with van der Waals surface area (Å²) in [6.07, 6.45) is 5.74. The predicted molar refractivity (Wildman–Crippen MR) is 135 cm³/mol. The molecule has 176 valence electrons. The Kier molecular flexibility index (Phi) is 10.8. The predicted octanol–water partition coefficient (Wildman–Crippen LogP) is 6.73. The lowest BCUT2D eigenvalue weighted by Gasteiger charge is -2.25. The maximum atomic E-state index is 13.0. The van der Waals surface area contributed by atoms with Crippen LogP contribution in [0.3, 0.4) is 0 Å². The van der Waals surface area contributed by atoms with Crippen molar-refractivity contribution in [3.8, 4) is 0 Å². The molecule has 0 heterocycles. The first kappa shape index (κ1) is 27.5. The maximum Gasteiger partial charge on any atom is 0.184 e. The number of ketones is 2. The van der Waals surface area contributed by atoms with E-state index >= 15 is 0 Å². The number of ether oxygens (including phenoxy) is 1. The molecule has 0 N–H and O–H groups in total. The van der Waals surface area contributed by atoms with Gasteiger partial charge >= 0.3 is 0 Å². The molecule has 0 amide bonds. The van der Waals surface area contributed by atoms with Crippen LogP contribution in [-0.2, 0) is 21.4 Å². The smallest absolute Gasteiger partial charge is 0.184 e. The lowest BCUT2D eigenvalue weighted by Crippen LogP contribution is -2.17. The van der Waals surface area contributed by atoms with Crippen LogP contribution in [0.15, 0.2) is 40.6 Å². The van der Waals surface area contributed by atoms with Crippen LogP contribution in [0.4, 0.5) is 0 Å². The molecular weight excluding hydrogens is 398 g/mol. The number of allylic oxidation sites excluding steroid dienone is 3. The number of carbonyl (C=O) groups excluding carboxylic acids is 2. The van der Waals surface area contributed by atoms with E-state index in [2.05, 4.69) is 39.6 Å². The number of carbonyl (C=O) groups is 2. The third-order valence-electron chi connectivity index (χ3n) is 5.40. The molecule has 0 spiro atoms. The van der Waals surface area contributed by atoms with Crippen molar-refractivity contribution in [3.63, 3.8) is 0 Å². The fourth-order valence-corrected chi connectivity index (χ4v) is 3.79. The van der Waals surface area contributed by atoms with Gasteiger partial charge in [0.25, 0.3) is 0 Å². The summed E-state index contributed by atoms with van der Waals surface area (Å²) < 4.78 is 5.73. The van der Waals surface area contributed by atoms with Crippen molar-refractivity contribution in [2.45, 2.75) is 87.0 Å². The molecule has 0 atom stereocenters. The molecule has 0 radical (unpaired) electrons. The molecule has 32 heavy (non-hydrogen) atoms. The molecule has 4 nitrogen and oxygen atoms in total. The van der Waals surface area contributed by atoms with Gasteiger partial charge in [-0.2, -0.15) is 0 Å². The van der Waals surface area contributed by atoms with Gasteiger partial charge in [-0.1, -0.05) is 40.7 Å². The second-order valence-corrected chi connectivity index (χ2v) is 9.12. The first-order valence-electron chi connectivity index (χ1n) is 11.7. The number of Topliss-reactive ketones (excluding diaryl/α,β-unsaturated/α-hetero) is 2. The minimum atomic E-state index is -0.0331. The van der Waals surface area contributed by atoms with Gasteiger partial charge in [0.2, 0.25) is 0 Å². The normalized spacial score (nSPS) is 13.3. The summed E-state index contributed by atoms with van der Waals surface area (Å²) in [7, 11) is 0. The SMILES string of the molecule is C/C=C(C(=O)CCC)\C(=C/C(C)=NCC(=O)c1cc(C)c(CC)c(C(C)(C)C)c1)OCC. The molecule has 0 saturated heterocycles. The summed E-state index contributed by atoms with van der Waals surface area (Å²) in [6, 6.07) is 4.01. The van der Waals surface area contributed by atoms with Crippen molar-refractivity contribution >= 4 is 17.3 Å². The van der Waals surface area contributed by atoms with Gasteiger partial charge < -0.3 is 4.74 Å². The van der Waals surface area contributed by atoms with Crippen molar-refractivity contribution in [3.05, 3.63) is 57.9 Å². The molecule has 1 rings (SSSR count). The van der Waals surface area contributed by atoms with Gasteiger partial charge in [-0.3, -0.25) is 14.6 Å². The second kappa shape index (κ2) is 12.5. The molecule has 0 aliphatic heterocycles. The summed E-state index contributed by atoms with van der Waals surface area (Å²) in [6.45, 7) is 18.8. The monoisotopic (exact) mass is 439 g/mol. The topological polar surface area (TPSA) is 55.7 Å². The standard InChI is InChI=1S/C28H41NO3/c1-10-14-25(30)23(12-3)27(32-13-4)16-20(6)29-18-26(31)21-15-19(5)22(11-2)24(17-21)28(7,8)9/h12,15-17H,10-11,13-14,18H2,1-9H3/b23-12-,27-16+,29-20?. The molecule has 0 aliphatic carbocycles. The van der Waals surface area contributed by atoms with Gasteiger partial charge in [-0.15, -0.1) is 0 Å². The summed E-state index contributed by atoms with van der Waals surface area (Å²) in [5.41, 5.74) is 5.56. The van der Waals surface area contributed by atoms with Crippen molar-refractivity contribution in [2.75, 3.05) is 13.2 Å². The van der Waals surface area contributed by atoms with Crippen LogP contribution in [0.25, 0.3) is 0 Å². The molecule has 0 aromatic heterocycles. The highest BCUT2D eigenvalue weighted by molar-refractivity contribution is 6.03. The molecule has 0 fully saturated rings. The van der Waals surface area contributed by atoms with Gasteiger partial charge in [0.1, 0.15) is 12.3 Å². The van der Waals surface area contributed by atoms with Gasteiger partial charge in [0.05, 0.1) is 12.2 Å². The Labute approximate surface area is 194 Å². The largest absolute Gasteiger partial charge is 0.493 e. The molecule has 1 aromatic carbocycles. The van der Waals surface area contributed by atoms with E-state index in [0.717, 1.165) is 18.4 Å². The quantitative estimate of drug-likeness (QED) is 0.126. The number of rotatable bonds is 11. The molecule has 0 aliphatic rings. The van der Waals surface area contributed by atoms with Gasteiger partial charge in [0, 0.05) is 23.8 Å². The average Bonchev–Trinajstić information content (AvgIpc) is 2.71. The first-order chi connectivity index (χ1) is 15.0. The zero-order valence-corrected chi connectivity index (χ0v) is 21.5. The van der Waals surface area contributed by atoms with Gasteiger partial charge in [-0.05, 0) is 74.8 Å². The fourth-order valence-electron chi connectivity index (χ4n) is 3.79. The van der Waals surface area contributed by atoms with Crippen LogP contribution in [-0.4, -0.2) is 30.4 Å². The Morgan fingerprint density at radius 2 is 1.78 bits per heavy atom. The first-order valence-corrected chi connectivity index (χ1v) is 11.7. The van der Waals surface area contributed by atoms with E-state index in [1.807, 2.05) is 39.8 Å². The molecule has 0 saturated carbocycles. The van der Waals surface area contributed by atoms with Crippen LogP contribution in [0.5, 0.6) is 0 Å². The van der Waals surface area contributed by atoms with E-state index in [9.17, 15) is 9.59 Å². The fraction of sp³-hybridized carbons (Fsp3) is 0.536. The van der Waals surface area contributed by atoms with E-state index in [1.54, 1.807) is 12.2 Å². The molecular formula is C28H41NO3. The lowest BCUT2D eigenvalue weighted by atomic mass is 9.80. The van der Waals surface area contributed by atoms with Gasteiger partial charge in [-0.25, -0.2) is 0 Å². The third-order valence-corrected chi connectivity index (χ3v) is 5.40. The van der Waals surface area contributed by atoms with Gasteiger partial charge in [0.15, 0.2) is 11.6 Å². The number of aliphatic imine (C=N–C) groups is 1. The minimum Gasteiger partial charge on any atom is -0.493 e. The Morgan fingerprint density at radius 1 is 1.12 bits per heavy atom. The van der Waals surface area contributed by atoms with E-state index in [0.29, 0.717) is 35.6 Å². The van der Waals surface area contributed by atoms with Crippen molar-refractivity contribution < 1.29 is 14.3 Å². The van der Waals surface area contributed by atoms with E-state index in [1.165, 1.54) is 11.1 Å².